The average Bonchev–Trinajstić information content (AvgIpc) is 3.13. The SMILES string of the molecule is CC(=O)c1cccc(OCCN(C)C2CC2)c1. The van der Waals surface area contributed by atoms with Crippen molar-refractivity contribution in [2.45, 2.75) is 25.8 Å². The number of carbonyl (C=O) groups is 1. The standard InChI is InChI=1S/C14H19NO2/c1-11(16)12-4-3-5-14(10-12)17-9-8-15(2)13-6-7-13/h3-5,10,13H,6-9H2,1-2H3. The zero-order chi connectivity index (χ0) is 12.3. The molecule has 1 aromatic rings. The summed E-state index contributed by atoms with van der Waals surface area (Å²) in [6.45, 7) is 3.18. The number of benzene rings is 1. The second kappa shape index (κ2) is 5.32. The number of carbonyl (C=O) groups excluding carboxylic acids is 1. The lowest BCUT2D eigenvalue weighted by Gasteiger charge is -2.15. The number of hydrogen-bond acceptors (Lipinski definition) is 3. The predicted octanol–water partition coefficient (Wildman–Crippen LogP) is 2.36. The van der Waals surface area contributed by atoms with E-state index in [1.807, 2.05) is 18.2 Å². The van der Waals surface area contributed by atoms with Crippen molar-refractivity contribution in [1.82, 2.24) is 4.90 Å². The van der Waals surface area contributed by atoms with Crippen LogP contribution in [-0.4, -0.2) is 36.9 Å². The highest BCUT2D eigenvalue weighted by Crippen LogP contribution is 2.24. The van der Waals surface area contributed by atoms with Gasteiger partial charge in [-0.3, -0.25) is 4.79 Å². The van der Waals surface area contributed by atoms with Gasteiger partial charge in [-0.1, -0.05) is 12.1 Å². The Labute approximate surface area is 102 Å². The van der Waals surface area contributed by atoms with Gasteiger partial charge in [0.15, 0.2) is 5.78 Å². The van der Waals surface area contributed by atoms with Gasteiger partial charge in [0.25, 0.3) is 0 Å². The highest BCUT2D eigenvalue weighted by atomic mass is 16.5. The topological polar surface area (TPSA) is 29.5 Å². The first-order valence-corrected chi connectivity index (χ1v) is 6.11. The minimum atomic E-state index is 0.0746. The number of hydrogen-bond donors (Lipinski definition) is 0. The fourth-order valence-electron chi connectivity index (χ4n) is 1.81. The van der Waals surface area contributed by atoms with Crippen molar-refractivity contribution in [2.24, 2.45) is 0 Å². The van der Waals surface area contributed by atoms with Crippen LogP contribution in [0.1, 0.15) is 30.1 Å². The Morgan fingerprint density at radius 1 is 1.47 bits per heavy atom. The Hall–Kier alpha value is -1.35. The molecule has 2 rings (SSSR count). The molecule has 1 aliphatic carbocycles. The van der Waals surface area contributed by atoms with Gasteiger partial charge in [-0.05, 0) is 38.9 Å². The molecule has 1 aromatic carbocycles. The van der Waals surface area contributed by atoms with E-state index < -0.39 is 0 Å². The zero-order valence-electron chi connectivity index (χ0n) is 10.5. The summed E-state index contributed by atoms with van der Waals surface area (Å²) in [4.78, 5) is 13.5. The van der Waals surface area contributed by atoms with Crippen molar-refractivity contribution < 1.29 is 9.53 Å². The minimum absolute atomic E-state index is 0.0746. The van der Waals surface area contributed by atoms with Crippen LogP contribution in [0.4, 0.5) is 0 Å². The lowest BCUT2D eigenvalue weighted by Crippen LogP contribution is -2.26. The van der Waals surface area contributed by atoms with Crippen molar-refractivity contribution in [3.8, 4) is 5.75 Å². The number of nitrogens with zero attached hydrogens (tertiary/aromatic N) is 1. The predicted molar refractivity (Wildman–Crippen MR) is 67.6 cm³/mol. The van der Waals surface area contributed by atoms with E-state index in [0.29, 0.717) is 12.2 Å². The van der Waals surface area contributed by atoms with Crippen LogP contribution < -0.4 is 4.74 Å². The van der Waals surface area contributed by atoms with E-state index in [2.05, 4.69) is 11.9 Å². The third kappa shape index (κ3) is 3.56. The van der Waals surface area contributed by atoms with Crippen LogP contribution in [0.15, 0.2) is 24.3 Å². The summed E-state index contributed by atoms with van der Waals surface area (Å²) in [5, 5.41) is 0. The molecule has 0 aromatic heterocycles. The zero-order valence-corrected chi connectivity index (χ0v) is 10.5. The lowest BCUT2D eigenvalue weighted by molar-refractivity contribution is 0.101. The molecule has 0 radical (unpaired) electrons. The monoisotopic (exact) mass is 233 g/mol. The Balaban J connectivity index is 1.81. The molecule has 3 nitrogen and oxygen atoms in total. The molecule has 17 heavy (non-hydrogen) atoms. The number of likely N-dealkylation sites (N-methyl/N-ethyl adjacent to an activating group) is 1. The first kappa shape index (κ1) is 12.1. The average molecular weight is 233 g/mol. The third-order valence-electron chi connectivity index (χ3n) is 3.12. The third-order valence-corrected chi connectivity index (χ3v) is 3.12. The van der Waals surface area contributed by atoms with Gasteiger partial charge < -0.3 is 9.64 Å². The maximum Gasteiger partial charge on any atom is 0.159 e. The summed E-state index contributed by atoms with van der Waals surface area (Å²) in [5.41, 5.74) is 0.707. The van der Waals surface area contributed by atoms with E-state index in [1.54, 1.807) is 13.0 Å². The summed E-state index contributed by atoms with van der Waals surface area (Å²) in [5.74, 6) is 0.854. The van der Waals surface area contributed by atoms with Gasteiger partial charge >= 0.3 is 0 Å². The molecule has 92 valence electrons. The quantitative estimate of drug-likeness (QED) is 0.706. The van der Waals surface area contributed by atoms with Crippen LogP contribution in [-0.2, 0) is 0 Å². The largest absolute Gasteiger partial charge is 0.492 e. The Morgan fingerprint density at radius 2 is 2.24 bits per heavy atom. The molecule has 0 bridgehead atoms. The van der Waals surface area contributed by atoms with Crippen LogP contribution in [0.5, 0.6) is 5.75 Å². The van der Waals surface area contributed by atoms with Crippen LogP contribution in [0.2, 0.25) is 0 Å². The van der Waals surface area contributed by atoms with E-state index >= 15 is 0 Å². The van der Waals surface area contributed by atoms with Gasteiger partial charge in [0.2, 0.25) is 0 Å². The van der Waals surface area contributed by atoms with Gasteiger partial charge in [0.1, 0.15) is 12.4 Å². The van der Waals surface area contributed by atoms with E-state index in [4.69, 9.17) is 4.74 Å². The van der Waals surface area contributed by atoms with Crippen LogP contribution in [0.25, 0.3) is 0 Å². The molecule has 1 fully saturated rings. The molecule has 0 aliphatic heterocycles. The maximum absolute atomic E-state index is 11.2. The normalized spacial score (nSPS) is 15.0. The van der Waals surface area contributed by atoms with E-state index in [9.17, 15) is 4.79 Å². The number of ketones is 1. The Bertz CT molecular complexity index is 399. The van der Waals surface area contributed by atoms with Crippen LogP contribution in [0.3, 0.4) is 0 Å². The van der Waals surface area contributed by atoms with E-state index in [0.717, 1.165) is 18.3 Å². The lowest BCUT2D eigenvalue weighted by atomic mass is 10.1. The smallest absolute Gasteiger partial charge is 0.159 e. The molecule has 1 aliphatic rings. The molecule has 0 N–H and O–H groups in total. The summed E-state index contributed by atoms with van der Waals surface area (Å²) >= 11 is 0. The molecule has 0 saturated heterocycles. The summed E-state index contributed by atoms with van der Waals surface area (Å²) in [7, 11) is 2.13. The molecule has 0 spiro atoms. The Morgan fingerprint density at radius 3 is 2.88 bits per heavy atom. The molecular weight excluding hydrogens is 214 g/mol. The summed E-state index contributed by atoms with van der Waals surface area (Å²) in [6, 6.07) is 8.13. The fraction of sp³-hybridized carbons (Fsp3) is 0.500. The van der Waals surface area contributed by atoms with Crippen LogP contribution in [0, 0.1) is 0 Å². The summed E-state index contributed by atoms with van der Waals surface area (Å²) < 4.78 is 5.65. The minimum Gasteiger partial charge on any atom is -0.492 e. The van der Waals surface area contributed by atoms with Gasteiger partial charge in [-0.15, -0.1) is 0 Å². The molecule has 0 unspecified atom stereocenters. The highest BCUT2D eigenvalue weighted by molar-refractivity contribution is 5.94. The number of rotatable bonds is 6. The molecule has 1 saturated carbocycles. The van der Waals surface area contributed by atoms with Gasteiger partial charge in [-0.2, -0.15) is 0 Å². The molecule has 0 amide bonds. The molecule has 0 atom stereocenters. The molecule has 0 heterocycles. The first-order valence-electron chi connectivity index (χ1n) is 6.11. The summed E-state index contributed by atoms with van der Waals surface area (Å²) in [6.07, 6.45) is 2.63. The second-order valence-corrected chi connectivity index (χ2v) is 4.64. The van der Waals surface area contributed by atoms with Crippen molar-refractivity contribution >= 4 is 5.78 Å². The van der Waals surface area contributed by atoms with Crippen LogP contribution >= 0.6 is 0 Å². The number of Topliss-reactive ketones (excluding diaryl/α,β-unsaturated/α-hetero) is 1. The highest BCUT2D eigenvalue weighted by Gasteiger charge is 2.25. The fourth-order valence-corrected chi connectivity index (χ4v) is 1.81. The van der Waals surface area contributed by atoms with E-state index in [1.165, 1.54) is 12.8 Å². The van der Waals surface area contributed by atoms with E-state index in [-0.39, 0.29) is 5.78 Å². The first-order chi connectivity index (χ1) is 8.16. The molecule has 3 heteroatoms. The van der Waals surface area contributed by atoms with Crippen molar-refractivity contribution in [3.05, 3.63) is 29.8 Å². The van der Waals surface area contributed by atoms with Gasteiger partial charge in [0.05, 0.1) is 0 Å². The Kier molecular flexibility index (Phi) is 3.79. The van der Waals surface area contributed by atoms with Gasteiger partial charge in [-0.25, -0.2) is 0 Å². The van der Waals surface area contributed by atoms with Crippen molar-refractivity contribution in [3.63, 3.8) is 0 Å². The number of ether oxygens (including phenoxy) is 1. The maximum atomic E-state index is 11.2. The second-order valence-electron chi connectivity index (χ2n) is 4.64. The van der Waals surface area contributed by atoms with Crippen molar-refractivity contribution in [2.75, 3.05) is 20.2 Å². The molecular formula is C14H19NO2. The van der Waals surface area contributed by atoms with Gasteiger partial charge in [0, 0.05) is 18.2 Å². The van der Waals surface area contributed by atoms with Crippen molar-refractivity contribution in [1.29, 1.82) is 0 Å².